The van der Waals surface area contributed by atoms with Gasteiger partial charge in [-0.15, -0.1) is 0 Å². The first kappa shape index (κ1) is 22.9. The van der Waals surface area contributed by atoms with Crippen molar-refractivity contribution in [1.29, 1.82) is 0 Å². The molecule has 168 valence electrons. The first-order valence-corrected chi connectivity index (χ1v) is 12.9. The number of benzene rings is 4. The number of rotatable bonds is 5. The second kappa shape index (κ2) is 10.2. The third-order valence-electron chi connectivity index (χ3n) is 5.21. The van der Waals surface area contributed by atoms with E-state index in [1.54, 1.807) is 0 Å². The van der Waals surface area contributed by atoms with Crippen molar-refractivity contribution in [2.75, 3.05) is 0 Å². The van der Waals surface area contributed by atoms with Gasteiger partial charge in [0.15, 0.2) is 5.17 Å². The number of nitrogens with one attached hydrogen (secondary N) is 1. The predicted octanol–water partition coefficient (Wildman–Crippen LogP) is 7.84. The average Bonchev–Trinajstić information content (AvgIpc) is 3.17. The number of carbonyl (C=O) groups excluding carboxylic acids is 1. The molecule has 4 aromatic carbocycles. The van der Waals surface area contributed by atoms with E-state index in [2.05, 4.69) is 66.4 Å². The lowest BCUT2D eigenvalue weighted by Crippen LogP contribution is -2.19. The Hall–Kier alpha value is -2.87. The summed E-state index contributed by atoms with van der Waals surface area (Å²) in [6.45, 7) is 0.441. The number of para-hydroxylation sites is 1. The van der Waals surface area contributed by atoms with Gasteiger partial charge in [-0.1, -0.05) is 60.7 Å². The molecular weight excluding hydrogens is 576 g/mol. The molecule has 0 aliphatic carbocycles. The minimum Gasteiger partial charge on any atom is -0.487 e. The summed E-state index contributed by atoms with van der Waals surface area (Å²) in [4.78, 5) is 17.5. The highest BCUT2D eigenvalue weighted by atomic mass is 79.9. The summed E-state index contributed by atoms with van der Waals surface area (Å²) in [5.41, 5.74) is 2.78. The molecule has 0 radical (unpaired) electrons. The standard InChI is InChI=1S/C27H18Br2N2O2S/c28-22-13-17(15-24-26(32)31-27(34-24)30-20-10-2-1-3-11-20)14-23(29)25(22)33-16-19-9-6-8-18-7-4-5-12-21(18)19/h1-15H,16H2,(H,30,31,32)/b24-15+. The quantitative estimate of drug-likeness (QED) is 0.240. The fourth-order valence-corrected chi connectivity index (χ4v) is 5.91. The fourth-order valence-electron chi connectivity index (χ4n) is 3.62. The summed E-state index contributed by atoms with van der Waals surface area (Å²) in [5.74, 6) is 0.549. The summed E-state index contributed by atoms with van der Waals surface area (Å²) in [5, 5.41) is 5.75. The Kier molecular flexibility index (Phi) is 6.85. The smallest absolute Gasteiger partial charge is 0.264 e. The van der Waals surface area contributed by atoms with Crippen LogP contribution in [0.15, 0.2) is 104 Å². The van der Waals surface area contributed by atoms with Gasteiger partial charge in [0.25, 0.3) is 5.91 Å². The van der Waals surface area contributed by atoms with E-state index in [4.69, 9.17) is 4.74 Å². The Balaban J connectivity index is 1.34. The number of ether oxygens (including phenoxy) is 1. The normalized spacial score (nSPS) is 15.8. The molecule has 1 N–H and O–H groups in total. The summed E-state index contributed by atoms with van der Waals surface area (Å²) in [7, 11) is 0. The van der Waals surface area contributed by atoms with Crippen molar-refractivity contribution in [2.24, 2.45) is 4.99 Å². The zero-order valence-corrected chi connectivity index (χ0v) is 21.8. The van der Waals surface area contributed by atoms with Crippen LogP contribution >= 0.6 is 43.6 Å². The monoisotopic (exact) mass is 592 g/mol. The van der Waals surface area contributed by atoms with Crippen LogP contribution in [0.3, 0.4) is 0 Å². The van der Waals surface area contributed by atoms with E-state index in [1.807, 2.05) is 66.7 Å². The van der Waals surface area contributed by atoms with Gasteiger partial charge in [0.05, 0.1) is 19.5 Å². The molecule has 0 saturated carbocycles. The van der Waals surface area contributed by atoms with Crippen LogP contribution in [0, 0.1) is 0 Å². The fraction of sp³-hybridized carbons (Fsp3) is 0.0370. The van der Waals surface area contributed by atoms with E-state index in [0.29, 0.717) is 22.4 Å². The molecule has 7 heteroatoms. The molecule has 4 nitrogen and oxygen atoms in total. The number of carbonyl (C=O) groups is 1. The molecule has 0 spiro atoms. The number of aliphatic imine (C=N–C) groups is 1. The van der Waals surface area contributed by atoms with Gasteiger partial charge in [0.2, 0.25) is 0 Å². The summed E-state index contributed by atoms with van der Waals surface area (Å²) < 4.78 is 7.78. The average molecular weight is 594 g/mol. The van der Waals surface area contributed by atoms with Gasteiger partial charge in [0.1, 0.15) is 12.4 Å². The maximum Gasteiger partial charge on any atom is 0.264 e. The molecule has 0 atom stereocenters. The third-order valence-corrected chi connectivity index (χ3v) is 7.30. The van der Waals surface area contributed by atoms with Crippen molar-refractivity contribution < 1.29 is 9.53 Å². The summed E-state index contributed by atoms with van der Waals surface area (Å²) >= 11 is 8.57. The first-order valence-electron chi connectivity index (χ1n) is 10.5. The van der Waals surface area contributed by atoms with Gasteiger partial charge in [-0.25, -0.2) is 4.99 Å². The molecule has 5 rings (SSSR count). The van der Waals surface area contributed by atoms with Gasteiger partial charge in [-0.05, 0) is 95.9 Å². The third kappa shape index (κ3) is 5.12. The van der Waals surface area contributed by atoms with E-state index in [0.717, 1.165) is 25.8 Å². The number of hydrogen-bond acceptors (Lipinski definition) is 4. The topological polar surface area (TPSA) is 50.7 Å². The maximum absolute atomic E-state index is 12.5. The lowest BCUT2D eigenvalue weighted by atomic mass is 10.1. The molecule has 1 amide bonds. The maximum atomic E-state index is 12.5. The number of hydrogen-bond donors (Lipinski definition) is 1. The van der Waals surface area contributed by atoms with Crippen LogP contribution in [-0.2, 0) is 11.4 Å². The van der Waals surface area contributed by atoms with Gasteiger partial charge >= 0.3 is 0 Å². The van der Waals surface area contributed by atoms with Gasteiger partial charge in [-0.3, -0.25) is 4.79 Å². The van der Waals surface area contributed by atoms with Crippen molar-refractivity contribution in [2.45, 2.75) is 6.61 Å². The molecule has 34 heavy (non-hydrogen) atoms. The highest BCUT2D eigenvalue weighted by Crippen LogP contribution is 2.37. The Morgan fingerprint density at radius 3 is 2.41 bits per heavy atom. The molecule has 1 fully saturated rings. The van der Waals surface area contributed by atoms with E-state index < -0.39 is 0 Å². The van der Waals surface area contributed by atoms with Gasteiger partial charge in [0, 0.05) is 0 Å². The summed E-state index contributed by atoms with van der Waals surface area (Å²) in [6, 6.07) is 27.9. The molecule has 4 aromatic rings. The van der Waals surface area contributed by atoms with E-state index in [-0.39, 0.29) is 5.91 Å². The molecular formula is C27H18Br2N2O2S. The van der Waals surface area contributed by atoms with Crippen LogP contribution < -0.4 is 10.1 Å². The highest BCUT2D eigenvalue weighted by Gasteiger charge is 2.24. The highest BCUT2D eigenvalue weighted by molar-refractivity contribution is 9.11. The van der Waals surface area contributed by atoms with Crippen LogP contribution in [0.1, 0.15) is 11.1 Å². The predicted molar refractivity (Wildman–Crippen MR) is 147 cm³/mol. The molecule has 0 aromatic heterocycles. The van der Waals surface area contributed by atoms with E-state index >= 15 is 0 Å². The Bertz CT molecular complexity index is 1420. The minimum absolute atomic E-state index is 0.164. The zero-order valence-electron chi connectivity index (χ0n) is 17.8. The Morgan fingerprint density at radius 2 is 1.62 bits per heavy atom. The Morgan fingerprint density at radius 1 is 0.912 bits per heavy atom. The molecule has 1 saturated heterocycles. The Labute approximate surface area is 218 Å². The number of thioether (sulfide) groups is 1. The van der Waals surface area contributed by atoms with Crippen LogP contribution in [0.25, 0.3) is 16.8 Å². The lowest BCUT2D eigenvalue weighted by molar-refractivity contribution is -0.115. The number of halogens is 2. The van der Waals surface area contributed by atoms with E-state index in [1.165, 1.54) is 22.5 Å². The van der Waals surface area contributed by atoms with Crippen LogP contribution in [-0.4, -0.2) is 11.1 Å². The van der Waals surface area contributed by atoms with Crippen molar-refractivity contribution in [3.8, 4) is 5.75 Å². The second-order valence-corrected chi connectivity index (χ2v) is 10.3. The van der Waals surface area contributed by atoms with Crippen molar-refractivity contribution in [3.63, 3.8) is 0 Å². The van der Waals surface area contributed by atoms with Crippen LogP contribution in [0.4, 0.5) is 5.69 Å². The molecule has 0 bridgehead atoms. The molecule has 1 heterocycles. The zero-order chi connectivity index (χ0) is 23.5. The minimum atomic E-state index is -0.164. The van der Waals surface area contributed by atoms with Crippen molar-refractivity contribution in [3.05, 3.63) is 110 Å². The SMILES string of the molecule is O=C1NC(=Nc2ccccc2)S/C1=C/c1cc(Br)c(OCc2cccc3ccccc23)c(Br)c1. The molecule has 1 aliphatic rings. The van der Waals surface area contributed by atoms with E-state index in [9.17, 15) is 4.79 Å². The van der Waals surface area contributed by atoms with Crippen LogP contribution in [0.2, 0.25) is 0 Å². The summed E-state index contributed by atoms with van der Waals surface area (Å²) in [6.07, 6.45) is 1.84. The number of amidine groups is 1. The second-order valence-electron chi connectivity index (χ2n) is 7.56. The molecule has 0 unspecified atom stereocenters. The van der Waals surface area contributed by atoms with Crippen molar-refractivity contribution >= 4 is 77.2 Å². The number of amides is 1. The largest absolute Gasteiger partial charge is 0.487 e. The molecule has 1 aliphatic heterocycles. The van der Waals surface area contributed by atoms with Gasteiger partial charge in [-0.2, -0.15) is 0 Å². The van der Waals surface area contributed by atoms with Crippen molar-refractivity contribution in [1.82, 2.24) is 5.32 Å². The van der Waals surface area contributed by atoms with Crippen LogP contribution in [0.5, 0.6) is 5.75 Å². The number of nitrogens with zero attached hydrogens (tertiary/aromatic N) is 1. The number of fused-ring (bicyclic) bond motifs is 1. The lowest BCUT2D eigenvalue weighted by Gasteiger charge is -2.13. The van der Waals surface area contributed by atoms with Gasteiger partial charge < -0.3 is 10.1 Å². The first-order chi connectivity index (χ1) is 16.6.